The molecule has 0 saturated carbocycles. The molecule has 1 aromatic carbocycles. The number of hydrogen-bond acceptors (Lipinski definition) is 3. The maximum absolute atomic E-state index is 12.2. The van der Waals surface area contributed by atoms with Crippen LogP contribution in [0.5, 0.6) is 0 Å². The van der Waals surface area contributed by atoms with E-state index in [0.717, 1.165) is 32.4 Å². The average Bonchev–Trinajstić information content (AvgIpc) is 2.60. The van der Waals surface area contributed by atoms with Crippen LogP contribution in [0.25, 0.3) is 0 Å². The lowest BCUT2D eigenvalue weighted by molar-refractivity contribution is -0.133. The molecule has 0 bridgehead atoms. The Labute approximate surface area is 143 Å². The van der Waals surface area contributed by atoms with Crippen LogP contribution < -0.4 is 5.32 Å². The smallest absolute Gasteiger partial charge is 0.241 e. The van der Waals surface area contributed by atoms with Crippen LogP contribution in [0.4, 0.5) is 0 Å². The molecule has 1 N–H and O–H groups in total. The molecule has 23 heavy (non-hydrogen) atoms. The second-order valence-corrected chi connectivity index (χ2v) is 7.29. The number of carbonyl (C=O) groups is 2. The van der Waals surface area contributed by atoms with Gasteiger partial charge in [-0.2, -0.15) is 11.8 Å². The van der Waals surface area contributed by atoms with Crippen molar-refractivity contribution in [3.63, 3.8) is 0 Å². The quantitative estimate of drug-likeness (QED) is 0.869. The van der Waals surface area contributed by atoms with Crippen molar-refractivity contribution in [3.8, 4) is 0 Å². The molecule has 1 fully saturated rings. The zero-order valence-corrected chi connectivity index (χ0v) is 14.8. The number of amides is 2. The van der Waals surface area contributed by atoms with E-state index >= 15 is 0 Å². The predicted molar refractivity (Wildman–Crippen MR) is 95.4 cm³/mol. The summed E-state index contributed by atoms with van der Waals surface area (Å²) in [5.41, 5.74) is 1.37. The van der Waals surface area contributed by atoms with E-state index in [0.29, 0.717) is 5.92 Å². The van der Waals surface area contributed by atoms with Crippen molar-refractivity contribution in [1.82, 2.24) is 10.2 Å². The van der Waals surface area contributed by atoms with Crippen molar-refractivity contribution < 1.29 is 9.59 Å². The zero-order valence-electron chi connectivity index (χ0n) is 14.0. The molecule has 1 unspecified atom stereocenters. The summed E-state index contributed by atoms with van der Waals surface area (Å²) in [5, 5.41) is 2.62. The van der Waals surface area contributed by atoms with Crippen LogP contribution in [-0.4, -0.2) is 47.9 Å². The van der Waals surface area contributed by atoms with Gasteiger partial charge < -0.3 is 10.2 Å². The van der Waals surface area contributed by atoms with Gasteiger partial charge in [-0.25, -0.2) is 0 Å². The maximum Gasteiger partial charge on any atom is 0.241 e. The fraction of sp³-hybridized carbons (Fsp3) is 0.556. The van der Waals surface area contributed by atoms with Gasteiger partial charge in [-0.3, -0.25) is 9.59 Å². The van der Waals surface area contributed by atoms with Crippen molar-refractivity contribution in [1.29, 1.82) is 0 Å². The number of likely N-dealkylation sites (tertiary alicyclic amines) is 1. The monoisotopic (exact) mass is 334 g/mol. The molecule has 1 saturated heterocycles. The van der Waals surface area contributed by atoms with Gasteiger partial charge in [0, 0.05) is 13.1 Å². The van der Waals surface area contributed by atoms with Crippen LogP contribution in [0.3, 0.4) is 0 Å². The number of piperidine rings is 1. The molecule has 2 rings (SSSR count). The Balaban J connectivity index is 1.71. The fourth-order valence-corrected chi connectivity index (χ4v) is 3.16. The van der Waals surface area contributed by atoms with Crippen molar-refractivity contribution in [2.45, 2.75) is 31.4 Å². The number of carbonyl (C=O) groups excluding carboxylic acids is 2. The van der Waals surface area contributed by atoms with Gasteiger partial charge in [-0.15, -0.1) is 0 Å². The summed E-state index contributed by atoms with van der Waals surface area (Å²) in [6.45, 7) is 3.56. The minimum atomic E-state index is -0.112. The highest BCUT2D eigenvalue weighted by molar-refractivity contribution is 7.99. The standard InChI is InChI=1S/C18H26N2O2S/c1-14(23-2)18(22)19-13-17(21)20-10-8-16(9-11-20)12-15-6-4-3-5-7-15/h3-7,14,16H,8-13H2,1-2H3,(H,19,22). The summed E-state index contributed by atoms with van der Waals surface area (Å²) in [4.78, 5) is 25.8. The van der Waals surface area contributed by atoms with Gasteiger partial charge >= 0.3 is 0 Å². The summed E-state index contributed by atoms with van der Waals surface area (Å²) >= 11 is 1.48. The van der Waals surface area contributed by atoms with Crippen LogP contribution >= 0.6 is 11.8 Å². The molecule has 0 radical (unpaired) electrons. The highest BCUT2D eigenvalue weighted by Crippen LogP contribution is 2.21. The second kappa shape index (κ2) is 8.96. The van der Waals surface area contributed by atoms with Crippen LogP contribution in [0, 0.1) is 5.92 Å². The first-order valence-corrected chi connectivity index (χ1v) is 9.51. The highest BCUT2D eigenvalue weighted by atomic mass is 32.2. The summed E-state index contributed by atoms with van der Waals surface area (Å²) in [6, 6.07) is 10.5. The molecule has 0 aromatic heterocycles. The van der Waals surface area contributed by atoms with Crippen LogP contribution in [0.1, 0.15) is 25.3 Å². The first-order chi connectivity index (χ1) is 11.1. The minimum Gasteiger partial charge on any atom is -0.346 e. The van der Waals surface area contributed by atoms with Gasteiger partial charge in [0.2, 0.25) is 11.8 Å². The van der Waals surface area contributed by atoms with Gasteiger partial charge in [0.25, 0.3) is 0 Å². The summed E-state index contributed by atoms with van der Waals surface area (Å²) < 4.78 is 0. The number of nitrogens with one attached hydrogen (secondary N) is 1. The lowest BCUT2D eigenvalue weighted by atomic mass is 9.90. The van der Waals surface area contributed by atoms with Crippen LogP contribution in [0.2, 0.25) is 0 Å². The van der Waals surface area contributed by atoms with Gasteiger partial charge in [0.05, 0.1) is 11.8 Å². The Bertz CT molecular complexity index is 513. The van der Waals surface area contributed by atoms with E-state index in [9.17, 15) is 9.59 Å². The number of thioether (sulfide) groups is 1. The lowest BCUT2D eigenvalue weighted by Crippen LogP contribution is -2.45. The third kappa shape index (κ3) is 5.57. The number of hydrogen-bond donors (Lipinski definition) is 1. The van der Waals surface area contributed by atoms with E-state index in [1.165, 1.54) is 17.3 Å². The van der Waals surface area contributed by atoms with Crippen molar-refractivity contribution in [2.24, 2.45) is 5.92 Å². The van der Waals surface area contributed by atoms with E-state index in [1.54, 1.807) is 0 Å². The van der Waals surface area contributed by atoms with E-state index in [4.69, 9.17) is 0 Å². The van der Waals surface area contributed by atoms with Crippen LogP contribution in [0.15, 0.2) is 30.3 Å². The van der Waals surface area contributed by atoms with E-state index in [2.05, 4.69) is 29.6 Å². The van der Waals surface area contributed by atoms with E-state index < -0.39 is 0 Å². The Kier molecular flexibility index (Phi) is 6.96. The van der Waals surface area contributed by atoms with E-state index in [1.807, 2.05) is 24.1 Å². The topological polar surface area (TPSA) is 49.4 Å². The Morgan fingerprint density at radius 3 is 2.52 bits per heavy atom. The molecule has 1 aliphatic rings. The van der Waals surface area contributed by atoms with Crippen molar-refractivity contribution >= 4 is 23.6 Å². The predicted octanol–water partition coefficient (Wildman–Crippen LogP) is 2.34. The number of rotatable bonds is 6. The molecule has 0 aliphatic carbocycles. The van der Waals surface area contributed by atoms with Crippen molar-refractivity contribution in [3.05, 3.63) is 35.9 Å². The molecule has 126 valence electrons. The third-order valence-corrected chi connectivity index (χ3v) is 5.39. The van der Waals surface area contributed by atoms with Gasteiger partial charge in [0.1, 0.15) is 0 Å². The molecule has 4 nitrogen and oxygen atoms in total. The second-order valence-electron chi connectivity index (χ2n) is 6.11. The van der Waals surface area contributed by atoms with Gasteiger partial charge in [0.15, 0.2) is 0 Å². The van der Waals surface area contributed by atoms with Gasteiger partial charge in [-0.05, 0) is 43.9 Å². The molecule has 1 atom stereocenters. The molecular weight excluding hydrogens is 308 g/mol. The zero-order chi connectivity index (χ0) is 16.7. The molecular formula is C18H26N2O2S. The molecule has 1 aliphatic heterocycles. The number of nitrogens with zero attached hydrogens (tertiary/aromatic N) is 1. The lowest BCUT2D eigenvalue weighted by Gasteiger charge is -2.32. The first kappa shape index (κ1) is 17.9. The maximum atomic E-state index is 12.2. The SMILES string of the molecule is CSC(C)C(=O)NCC(=O)N1CCC(Cc2ccccc2)CC1. The fourth-order valence-electron chi connectivity index (χ4n) is 2.86. The number of benzene rings is 1. The highest BCUT2D eigenvalue weighted by Gasteiger charge is 2.23. The molecule has 5 heteroatoms. The summed E-state index contributed by atoms with van der Waals surface area (Å²) in [5.74, 6) is 0.613. The third-order valence-electron chi connectivity index (χ3n) is 4.47. The van der Waals surface area contributed by atoms with E-state index in [-0.39, 0.29) is 23.6 Å². The molecule has 1 heterocycles. The molecule has 2 amide bonds. The van der Waals surface area contributed by atoms with Crippen LogP contribution in [-0.2, 0) is 16.0 Å². The minimum absolute atomic E-state index is 0.0322. The normalized spacial score (nSPS) is 16.9. The average molecular weight is 334 g/mol. The summed E-state index contributed by atoms with van der Waals surface area (Å²) in [6.07, 6.45) is 5.06. The molecule has 0 spiro atoms. The molecule has 1 aromatic rings. The summed E-state index contributed by atoms with van der Waals surface area (Å²) in [7, 11) is 0. The first-order valence-electron chi connectivity index (χ1n) is 8.22. The van der Waals surface area contributed by atoms with Gasteiger partial charge in [-0.1, -0.05) is 30.3 Å². The Morgan fingerprint density at radius 2 is 1.91 bits per heavy atom. The largest absolute Gasteiger partial charge is 0.346 e. The Hall–Kier alpha value is -1.49. The Morgan fingerprint density at radius 1 is 1.26 bits per heavy atom. The van der Waals surface area contributed by atoms with Crippen molar-refractivity contribution in [2.75, 3.05) is 25.9 Å².